The fourth-order valence-corrected chi connectivity index (χ4v) is 2.77. The molecule has 0 saturated carbocycles. The van der Waals surface area contributed by atoms with Crippen LogP contribution in [0.3, 0.4) is 0 Å². The number of rotatable bonds is 4. The SMILES string of the molecule is CN(C)C(=O)C1CCN(C(=O)/C=C/c2ccccc2[N+](=O)[O-])CC1. The van der Waals surface area contributed by atoms with E-state index in [1.807, 2.05) is 0 Å². The first kappa shape index (κ1) is 17.7. The van der Waals surface area contributed by atoms with Crippen LogP contribution in [0.25, 0.3) is 6.08 Å². The van der Waals surface area contributed by atoms with Gasteiger partial charge in [0.05, 0.1) is 10.5 Å². The van der Waals surface area contributed by atoms with E-state index in [9.17, 15) is 19.7 Å². The lowest BCUT2D eigenvalue weighted by molar-refractivity contribution is -0.385. The maximum absolute atomic E-state index is 12.2. The van der Waals surface area contributed by atoms with Crippen LogP contribution in [0.2, 0.25) is 0 Å². The molecular weight excluding hydrogens is 310 g/mol. The molecule has 24 heavy (non-hydrogen) atoms. The van der Waals surface area contributed by atoms with Gasteiger partial charge in [0.2, 0.25) is 11.8 Å². The number of nitro benzene ring substituents is 1. The number of piperidine rings is 1. The Kier molecular flexibility index (Phi) is 5.68. The molecule has 0 spiro atoms. The number of carbonyl (C=O) groups excluding carboxylic acids is 2. The van der Waals surface area contributed by atoms with Crippen molar-refractivity contribution in [3.63, 3.8) is 0 Å². The fourth-order valence-electron chi connectivity index (χ4n) is 2.77. The minimum absolute atomic E-state index is 0.0307. The summed E-state index contributed by atoms with van der Waals surface area (Å²) in [6.07, 6.45) is 4.11. The second-order valence-electron chi connectivity index (χ2n) is 5.98. The highest BCUT2D eigenvalue weighted by Crippen LogP contribution is 2.21. The van der Waals surface area contributed by atoms with Gasteiger partial charge in [0.1, 0.15) is 0 Å². The largest absolute Gasteiger partial charge is 0.349 e. The molecular formula is C17H21N3O4. The zero-order valence-electron chi connectivity index (χ0n) is 13.8. The third-order valence-corrected chi connectivity index (χ3v) is 4.14. The number of carbonyl (C=O) groups is 2. The Morgan fingerprint density at radius 2 is 1.88 bits per heavy atom. The minimum Gasteiger partial charge on any atom is -0.349 e. The highest BCUT2D eigenvalue weighted by Gasteiger charge is 2.27. The summed E-state index contributed by atoms with van der Waals surface area (Å²) in [5, 5.41) is 11.0. The van der Waals surface area contributed by atoms with Gasteiger partial charge in [-0.1, -0.05) is 12.1 Å². The average molecular weight is 331 g/mol. The number of hydrogen-bond donors (Lipinski definition) is 0. The first-order chi connectivity index (χ1) is 11.4. The predicted octanol–water partition coefficient (Wildman–Crippen LogP) is 1.93. The van der Waals surface area contributed by atoms with Crippen LogP contribution in [-0.4, -0.2) is 53.7 Å². The summed E-state index contributed by atoms with van der Waals surface area (Å²) in [6, 6.07) is 6.28. The fraction of sp³-hybridized carbons (Fsp3) is 0.412. The maximum atomic E-state index is 12.2. The molecule has 2 rings (SSSR count). The van der Waals surface area contributed by atoms with Crippen LogP contribution >= 0.6 is 0 Å². The first-order valence-electron chi connectivity index (χ1n) is 7.81. The zero-order chi connectivity index (χ0) is 17.7. The quantitative estimate of drug-likeness (QED) is 0.479. The van der Waals surface area contributed by atoms with Crippen LogP contribution in [0.15, 0.2) is 30.3 Å². The highest BCUT2D eigenvalue weighted by atomic mass is 16.6. The monoisotopic (exact) mass is 331 g/mol. The van der Waals surface area contributed by atoms with Crippen LogP contribution in [0.4, 0.5) is 5.69 Å². The molecule has 0 radical (unpaired) electrons. The van der Waals surface area contributed by atoms with E-state index in [-0.39, 0.29) is 23.4 Å². The van der Waals surface area contributed by atoms with E-state index in [0.29, 0.717) is 31.5 Å². The molecule has 0 N–H and O–H groups in total. The van der Waals surface area contributed by atoms with Gasteiger partial charge in [-0.3, -0.25) is 19.7 Å². The van der Waals surface area contributed by atoms with Crippen LogP contribution in [0, 0.1) is 16.0 Å². The average Bonchev–Trinajstić information content (AvgIpc) is 2.59. The number of para-hydroxylation sites is 1. The zero-order valence-corrected chi connectivity index (χ0v) is 13.8. The molecule has 0 aliphatic carbocycles. The molecule has 0 unspecified atom stereocenters. The predicted molar refractivity (Wildman–Crippen MR) is 90.1 cm³/mol. The Morgan fingerprint density at radius 3 is 2.46 bits per heavy atom. The summed E-state index contributed by atoms with van der Waals surface area (Å²) in [6.45, 7) is 1.04. The number of likely N-dealkylation sites (tertiary alicyclic amines) is 1. The van der Waals surface area contributed by atoms with Gasteiger partial charge in [0, 0.05) is 45.2 Å². The normalized spacial score (nSPS) is 15.5. The van der Waals surface area contributed by atoms with Crippen molar-refractivity contribution in [2.24, 2.45) is 5.92 Å². The van der Waals surface area contributed by atoms with E-state index in [1.165, 1.54) is 18.2 Å². The molecule has 1 heterocycles. The summed E-state index contributed by atoms with van der Waals surface area (Å²) in [7, 11) is 3.46. The molecule has 1 saturated heterocycles. The van der Waals surface area contributed by atoms with Crippen molar-refractivity contribution in [3.8, 4) is 0 Å². The molecule has 7 nitrogen and oxygen atoms in total. The van der Waals surface area contributed by atoms with Crippen molar-refractivity contribution < 1.29 is 14.5 Å². The summed E-state index contributed by atoms with van der Waals surface area (Å²) in [5.74, 6) is -0.135. The number of nitrogens with zero attached hydrogens (tertiary/aromatic N) is 3. The topological polar surface area (TPSA) is 83.8 Å². The number of hydrogen-bond acceptors (Lipinski definition) is 4. The summed E-state index contributed by atoms with van der Waals surface area (Å²) < 4.78 is 0. The van der Waals surface area contributed by atoms with Crippen LogP contribution < -0.4 is 0 Å². The van der Waals surface area contributed by atoms with Crippen molar-refractivity contribution >= 4 is 23.6 Å². The van der Waals surface area contributed by atoms with Crippen LogP contribution in [-0.2, 0) is 9.59 Å². The van der Waals surface area contributed by atoms with E-state index < -0.39 is 4.92 Å². The minimum atomic E-state index is -0.470. The second-order valence-corrected chi connectivity index (χ2v) is 5.98. The highest BCUT2D eigenvalue weighted by molar-refractivity contribution is 5.92. The van der Waals surface area contributed by atoms with Crippen molar-refractivity contribution in [3.05, 3.63) is 46.0 Å². The lowest BCUT2D eigenvalue weighted by Gasteiger charge is -2.31. The van der Waals surface area contributed by atoms with Gasteiger partial charge in [-0.25, -0.2) is 0 Å². The second kappa shape index (κ2) is 7.72. The molecule has 1 fully saturated rings. The summed E-state index contributed by atoms with van der Waals surface area (Å²) in [4.78, 5) is 37.9. The van der Waals surface area contributed by atoms with Gasteiger partial charge in [0.25, 0.3) is 5.69 Å². The molecule has 7 heteroatoms. The Bertz CT molecular complexity index is 662. The first-order valence-corrected chi connectivity index (χ1v) is 7.81. The van der Waals surface area contributed by atoms with Gasteiger partial charge in [-0.2, -0.15) is 0 Å². The molecule has 0 atom stereocenters. The lowest BCUT2D eigenvalue weighted by Crippen LogP contribution is -2.42. The van der Waals surface area contributed by atoms with E-state index in [1.54, 1.807) is 42.1 Å². The van der Waals surface area contributed by atoms with Crippen molar-refractivity contribution in [1.82, 2.24) is 9.80 Å². The van der Waals surface area contributed by atoms with Crippen molar-refractivity contribution in [2.45, 2.75) is 12.8 Å². The molecule has 1 aromatic rings. The number of amides is 2. The van der Waals surface area contributed by atoms with E-state index in [2.05, 4.69) is 0 Å². The Balaban J connectivity index is 1.97. The van der Waals surface area contributed by atoms with E-state index >= 15 is 0 Å². The standard InChI is InChI=1S/C17H21N3O4/c1-18(2)17(22)14-9-11-19(12-10-14)16(21)8-7-13-5-3-4-6-15(13)20(23)24/h3-8,14H,9-12H2,1-2H3/b8-7+. The molecule has 1 aromatic carbocycles. The van der Waals surface area contributed by atoms with Crippen LogP contribution in [0.1, 0.15) is 18.4 Å². The molecule has 1 aliphatic rings. The number of benzene rings is 1. The van der Waals surface area contributed by atoms with Gasteiger partial charge < -0.3 is 9.80 Å². The molecule has 0 aromatic heterocycles. The van der Waals surface area contributed by atoms with Gasteiger partial charge in [0.15, 0.2) is 0 Å². The maximum Gasteiger partial charge on any atom is 0.276 e. The van der Waals surface area contributed by atoms with E-state index in [0.717, 1.165) is 0 Å². The molecule has 0 bridgehead atoms. The third-order valence-electron chi connectivity index (χ3n) is 4.14. The molecule has 128 valence electrons. The van der Waals surface area contributed by atoms with Crippen molar-refractivity contribution in [2.75, 3.05) is 27.2 Å². The molecule has 2 amide bonds. The third kappa shape index (κ3) is 4.18. The smallest absolute Gasteiger partial charge is 0.276 e. The summed E-state index contributed by atoms with van der Waals surface area (Å²) >= 11 is 0. The van der Waals surface area contributed by atoms with Crippen molar-refractivity contribution in [1.29, 1.82) is 0 Å². The van der Waals surface area contributed by atoms with Gasteiger partial charge in [-0.15, -0.1) is 0 Å². The Hall–Kier alpha value is -2.70. The number of nitro groups is 1. The molecule has 1 aliphatic heterocycles. The Labute approximate surface area is 140 Å². The van der Waals surface area contributed by atoms with Gasteiger partial charge in [-0.05, 0) is 25.0 Å². The van der Waals surface area contributed by atoms with Crippen LogP contribution in [0.5, 0.6) is 0 Å². The Morgan fingerprint density at radius 1 is 1.25 bits per heavy atom. The van der Waals surface area contributed by atoms with Gasteiger partial charge >= 0.3 is 0 Å². The summed E-state index contributed by atoms with van der Waals surface area (Å²) in [5.41, 5.74) is 0.366. The van der Waals surface area contributed by atoms with E-state index in [4.69, 9.17) is 0 Å². The lowest BCUT2D eigenvalue weighted by atomic mass is 9.95.